The molecule has 0 unspecified atom stereocenters. The highest BCUT2D eigenvalue weighted by atomic mass is 79.9. The van der Waals surface area contributed by atoms with E-state index in [2.05, 4.69) is 15.9 Å². The van der Waals surface area contributed by atoms with Crippen molar-refractivity contribution in [2.24, 2.45) is 5.84 Å². The van der Waals surface area contributed by atoms with Gasteiger partial charge in [-0.05, 0) is 40.2 Å². The van der Waals surface area contributed by atoms with E-state index in [1.807, 2.05) is 5.43 Å². The first kappa shape index (κ1) is 14.9. The summed E-state index contributed by atoms with van der Waals surface area (Å²) in [5.41, 5.74) is 2.61. The maximum Gasteiger partial charge on any atom is 0.270 e. The van der Waals surface area contributed by atoms with Gasteiger partial charge in [-0.25, -0.2) is 5.84 Å². The molecule has 0 saturated heterocycles. The van der Waals surface area contributed by atoms with Gasteiger partial charge in [-0.1, -0.05) is 0 Å². The zero-order valence-corrected chi connectivity index (χ0v) is 12.2. The van der Waals surface area contributed by atoms with Gasteiger partial charge in [-0.15, -0.1) is 0 Å². The van der Waals surface area contributed by atoms with Crippen LogP contribution in [-0.2, 0) is 4.79 Å². The lowest BCUT2D eigenvalue weighted by atomic mass is 10.1. The summed E-state index contributed by atoms with van der Waals surface area (Å²) in [6.45, 7) is 0. The molecule has 1 aromatic carbocycles. The van der Waals surface area contributed by atoms with Gasteiger partial charge in [-0.3, -0.25) is 20.3 Å². The van der Waals surface area contributed by atoms with Gasteiger partial charge < -0.3 is 4.42 Å². The third-order valence-corrected chi connectivity index (χ3v) is 3.25. The third kappa shape index (κ3) is 3.56. The Bertz CT molecular complexity index is 724. The molecular formula is C13H10BrN3O4. The summed E-state index contributed by atoms with van der Waals surface area (Å²) in [7, 11) is 0. The molecule has 8 heteroatoms. The lowest BCUT2D eigenvalue weighted by molar-refractivity contribution is -0.384. The second-order valence-corrected chi connectivity index (χ2v) is 4.82. The fourth-order valence-electron chi connectivity index (χ4n) is 1.61. The molecule has 0 aliphatic carbocycles. The molecule has 0 bridgehead atoms. The number of nitrogens with two attached hydrogens (primary N) is 1. The van der Waals surface area contributed by atoms with E-state index >= 15 is 0 Å². The molecule has 0 spiro atoms. The molecule has 0 radical (unpaired) electrons. The van der Waals surface area contributed by atoms with Gasteiger partial charge in [0.05, 0.1) is 4.92 Å². The van der Waals surface area contributed by atoms with Crippen LogP contribution < -0.4 is 11.3 Å². The number of hydrogen-bond donors (Lipinski definition) is 2. The van der Waals surface area contributed by atoms with Crippen LogP contribution in [0.15, 0.2) is 45.3 Å². The first-order chi connectivity index (χ1) is 10.0. The highest BCUT2D eigenvalue weighted by Gasteiger charge is 2.12. The van der Waals surface area contributed by atoms with E-state index in [0.717, 1.165) is 0 Å². The number of rotatable bonds is 4. The molecule has 21 heavy (non-hydrogen) atoms. The van der Waals surface area contributed by atoms with Crippen LogP contribution in [0.4, 0.5) is 5.69 Å². The van der Waals surface area contributed by atoms with E-state index in [0.29, 0.717) is 21.6 Å². The molecule has 1 amide bonds. The van der Waals surface area contributed by atoms with Crippen molar-refractivity contribution in [3.63, 3.8) is 0 Å². The van der Waals surface area contributed by atoms with Crippen LogP contribution in [0.5, 0.6) is 0 Å². The van der Waals surface area contributed by atoms with Gasteiger partial charge in [0.25, 0.3) is 11.6 Å². The number of carbonyl (C=O) groups is 1. The smallest absolute Gasteiger partial charge is 0.270 e. The Kier molecular flexibility index (Phi) is 4.51. The zero-order chi connectivity index (χ0) is 15.4. The summed E-state index contributed by atoms with van der Waals surface area (Å²) < 4.78 is 6.08. The molecule has 1 heterocycles. The van der Waals surface area contributed by atoms with E-state index in [9.17, 15) is 14.9 Å². The molecular weight excluding hydrogens is 342 g/mol. The average Bonchev–Trinajstić information content (AvgIpc) is 2.93. The summed E-state index contributed by atoms with van der Waals surface area (Å²) >= 11 is 3.27. The molecule has 2 aromatic rings. The number of non-ortho nitro benzene ring substituents is 1. The van der Waals surface area contributed by atoms with Crippen LogP contribution in [0.3, 0.4) is 0 Å². The molecule has 3 N–H and O–H groups in total. The van der Waals surface area contributed by atoms with E-state index in [1.54, 1.807) is 18.2 Å². The van der Waals surface area contributed by atoms with E-state index in [1.165, 1.54) is 24.3 Å². The maximum absolute atomic E-state index is 11.0. The third-order valence-electron chi connectivity index (χ3n) is 2.60. The normalized spacial score (nSPS) is 10.8. The quantitative estimate of drug-likeness (QED) is 0.289. The van der Waals surface area contributed by atoms with Crippen LogP contribution in [0.1, 0.15) is 5.76 Å². The number of halogens is 1. The largest absolute Gasteiger partial charge is 0.457 e. The SMILES string of the molecule is NNC(=O)/C=C/c1ccc(-c2ccc([N+](=O)[O-])cc2Br)o1. The van der Waals surface area contributed by atoms with Gasteiger partial charge >= 0.3 is 0 Å². The predicted octanol–water partition coefficient (Wildman–Crippen LogP) is 2.62. The molecule has 0 fully saturated rings. The van der Waals surface area contributed by atoms with Crippen molar-refractivity contribution in [1.29, 1.82) is 0 Å². The Hall–Kier alpha value is -2.45. The van der Waals surface area contributed by atoms with Crippen molar-refractivity contribution >= 4 is 33.6 Å². The van der Waals surface area contributed by atoms with Gasteiger partial charge in [0, 0.05) is 28.2 Å². The highest BCUT2D eigenvalue weighted by molar-refractivity contribution is 9.10. The van der Waals surface area contributed by atoms with Crippen molar-refractivity contribution in [3.05, 3.63) is 56.8 Å². The summed E-state index contributed by atoms with van der Waals surface area (Å²) in [6, 6.07) is 7.74. The minimum atomic E-state index is -0.476. The van der Waals surface area contributed by atoms with Gasteiger partial charge in [0.15, 0.2) is 0 Å². The number of hydrazine groups is 1. The number of amides is 1. The van der Waals surface area contributed by atoms with Crippen molar-refractivity contribution < 1.29 is 14.1 Å². The standard InChI is InChI=1S/C13H10BrN3O4/c14-11-7-8(17(19)20)1-4-10(11)12-5-2-9(21-12)3-6-13(18)16-15/h1-7H,15H2,(H,16,18)/b6-3+. The summed E-state index contributed by atoms with van der Waals surface area (Å²) in [6.07, 6.45) is 2.69. The maximum atomic E-state index is 11.0. The first-order valence-corrected chi connectivity index (χ1v) is 6.53. The monoisotopic (exact) mass is 351 g/mol. The van der Waals surface area contributed by atoms with Crippen molar-refractivity contribution in [2.75, 3.05) is 0 Å². The van der Waals surface area contributed by atoms with Crippen molar-refractivity contribution in [3.8, 4) is 11.3 Å². The Labute approximate surface area is 127 Å². The molecule has 7 nitrogen and oxygen atoms in total. The molecule has 1 aromatic heterocycles. The zero-order valence-electron chi connectivity index (χ0n) is 10.6. The molecule has 0 aliphatic rings. The molecule has 0 atom stereocenters. The second-order valence-electron chi connectivity index (χ2n) is 3.97. The van der Waals surface area contributed by atoms with E-state index < -0.39 is 10.8 Å². The average molecular weight is 352 g/mol. The predicted molar refractivity (Wildman–Crippen MR) is 79.9 cm³/mol. The fraction of sp³-hybridized carbons (Fsp3) is 0. The Morgan fingerprint density at radius 2 is 2.14 bits per heavy atom. The number of nitro benzene ring substituents is 1. The molecule has 108 valence electrons. The van der Waals surface area contributed by atoms with Crippen LogP contribution in [0.25, 0.3) is 17.4 Å². The fourth-order valence-corrected chi connectivity index (χ4v) is 2.17. The first-order valence-electron chi connectivity index (χ1n) is 5.74. The van der Waals surface area contributed by atoms with Gasteiger partial charge in [-0.2, -0.15) is 0 Å². The Morgan fingerprint density at radius 1 is 1.38 bits per heavy atom. The van der Waals surface area contributed by atoms with Crippen LogP contribution in [0, 0.1) is 10.1 Å². The Morgan fingerprint density at radius 3 is 2.76 bits per heavy atom. The lowest BCUT2D eigenvalue weighted by Crippen LogP contribution is -2.27. The number of nitro groups is 1. The van der Waals surface area contributed by atoms with Crippen LogP contribution in [0.2, 0.25) is 0 Å². The Balaban J connectivity index is 2.27. The number of hydrogen-bond acceptors (Lipinski definition) is 5. The number of furan rings is 1. The molecule has 0 saturated carbocycles. The van der Waals surface area contributed by atoms with Gasteiger partial charge in [0.2, 0.25) is 0 Å². The highest BCUT2D eigenvalue weighted by Crippen LogP contribution is 2.32. The van der Waals surface area contributed by atoms with Crippen molar-refractivity contribution in [1.82, 2.24) is 5.43 Å². The number of nitrogens with one attached hydrogen (secondary N) is 1. The number of benzene rings is 1. The van der Waals surface area contributed by atoms with Crippen molar-refractivity contribution in [2.45, 2.75) is 0 Å². The second kappa shape index (κ2) is 6.33. The molecule has 2 rings (SSSR count). The van der Waals surface area contributed by atoms with E-state index in [-0.39, 0.29) is 5.69 Å². The summed E-state index contributed by atoms with van der Waals surface area (Å²) in [5.74, 6) is 5.47. The van der Waals surface area contributed by atoms with Crippen LogP contribution >= 0.6 is 15.9 Å². The van der Waals surface area contributed by atoms with E-state index in [4.69, 9.17) is 10.3 Å². The molecule has 0 aliphatic heterocycles. The van der Waals surface area contributed by atoms with Crippen LogP contribution in [-0.4, -0.2) is 10.8 Å². The summed E-state index contributed by atoms with van der Waals surface area (Å²) in [4.78, 5) is 21.2. The van der Waals surface area contributed by atoms with Gasteiger partial charge in [0.1, 0.15) is 11.5 Å². The topological polar surface area (TPSA) is 111 Å². The summed E-state index contributed by atoms with van der Waals surface area (Å²) in [5, 5.41) is 10.7. The minimum absolute atomic E-state index is 0.0167. The minimum Gasteiger partial charge on any atom is -0.457 e. The lowest BCUT2D eigenvalue weighted by Gasteiger charge is -2.00. The number of carbonyl (C=O) groups excluding carboxylic acids is 1. The number of nitrogens with zero attached hydrogens (tertiary/aromatic N) is 1.